The van der Waals surface area contributed by atoms with Gasteiger partial charge in [-0.15, -0.1) is 0 Å². The van der Waals surface area contributed by atoms with Crippen molar-refractivity contribution in [3.05, 3.63) is 23.9 Å². The van der Waals surface area contributed by atoms with Gasteiger partial charge in [-0.2, -0.15) is 0 Å². The molecule has 0 aromatic carbocycles. The molecule has 20 heavy (non-hydrogen) atoms. The third kappa shape index (κ3) is 3.62. The van der Waals surface area contributed by atoms with Crippen molar-refractivity contribution in [2.24, 2.45) is 0 Å². The fourth-order valence-corrected chi connectivity index (χ4v) is 2.43. The molecule has 0 bridgehead atoms. The number of hydrogen-bond donors (Lipinski definition) is 1. The molecule has 5 heteroatoms. The van der Waals surface area contributed by atoms with Crippen LogP contribution >= 0.6 is 0 Å². The molecular weight excluding hydrogens is 254 g/mol. The Kier molecular flexibility index (Phi) is 4.16. The van der Waals surface area contributed by atoms with Gasteiger partial charge in [-0.1, -0.05) is 6.07 Å². The van der Waals surface area contributed by atoms with Crippen LogP contribution in [0.1, 0.15) is 51.6 Å². The Hall–Kier alpha value is -1.78. The normalized spacial score (nSPS) is 19.8. The lowest BCUT2D eigenvalue weighted by Gasteiger charge is -2.36. The Morgan fingerprint density at radius 3 is 2.75 bits per heavy atom. The second-order valence-electron chi connectivity index (χ2n) is 6.20. The second kappa shape index (κ2) is 5.69. The summed E-state index contributed by atoms with van der Waals surface area (Å²) in [6.07, 6.45) is 4.55. The van der Waals surface area contributed by atoms with Gasteiger partial charge in [-0.3, -0.25) is 0 Å². The van der Waals surface area contributed by atoms with Crippen molar-refractivity contribution in [2.45, 2.75) is 51.7 Å². The number of piperidine rings is 1. The third-order valence-corrected chi connectivity index (χ3v) is 3.32. The maximum absolute atomic E-state index is 12.3. The number of likely N-dealkylation sites (tertiary alicyclic amines) is 1. The smallest absolute Gasteiger partial charge is 0.410 e. The number of carbonyl (C=O) groups excluding carboxylic acids is 1. The van der Waals surface area contributed by atoms with Crippen LogP contribution in [0.25, 0.3) is 0 Å². The van der Waals surface area contributed by atoms with Crippen LogP contribution in [-0.4, -0.2) is 28.1 Å². The number of carbonyl (C=O) groups is 1. The zero-order valence-electron chi connectivity index (χ0n) is 12.4. The van der Waals surface area contributed by atoms with Crippen molar-refractivity contribution in [3.63, 3.8) is 0 Å². The predicted molar refractivity (Wildman–Crippen MR) is 78.2 cm³/mol. The van der Waals surface area contributed by atoms with Crippen molar-refractivity contribution in [3.8, 4) is 0 Å². The number of rotatable bonds is 1. The molecule has 2 heterocycles. The van der Waals surface area contributed by atoms with E-state index in [9.17, 15) is 4.79 Å². The van der Waals surface area contributed by atoms with Crippen LogP contribution in [0.5, 0.6) is 0 Å². The van der Waals surface area contributed by atoms with Crippen LogP contribution in [0.15, 0.2) is 18.3 Å². The Labute approximate surface area is 120 Å². The van der Waals surface area contributed by atoms with Gasteiger partial charge in [0.25, 0.3) is 0 Å². The van der Waals surface area contributed by atoms with E-state index in [1.54, 1.807) is 12.3 Å². The lowest BCUT2D eigenvalue weighted by atomic mass is 9.97. The minimum Gasteiger partial charge on any atom is -0.444 e. The Balaban J connectivity index is 2.16. The van der Waals surface area contributed by atoms with Gasteiger partial charge in [0, 0.05) is 12.7 Å². The van der Waals surface area contributed by atoms with Gasteiger partial charge in [0.15, 0.2) is 0 Å². The summed E-state index contributed by atoms with van der Waals surface area (Å²) < 4.78 is 5.49. The number of amides is 1. The predicted octanol–water partition coefficient (Wildman–Crippen LogP) is 3.13. The topological polar surface area (TPSA) is 68.5 Å². The van der Waals surface area contributed by atoms with Gasteiger partial charge >= 0.3 is 6.09 Å². The number of anilines is 1. The van der Waals surface area contributed by atoms with Gasteiger partial charge in [0.05, 0.1) is 6.04 Å². The van der Waals surface area contributed by atoms with Crippen molar-refractivity contribution in [1.82, 2.24) is 9.88 Å². The summed E-state index contributed by atoms with van der Waals surface area (Å²) in [7, 11) is 0. The molecule has 0 saturated carbocycles. The molecule has 1 aromatic rings. The van der Waals surface area contributed by atoms with E-state index in [0.29, 0.717) is 5.82 Å². The van der Waals surface area contributed by atoms with Crippen molar-refractivity contribution in [1.29, 1.82) is 0 Å². The fraction of sp³-hybridized carbons (Fsp3) is 0.600. The second-order valence-corrected chi connectivity index (χ2v) is 6.20. The first kappa shape index (κ1) is 14.6. The van der Waals surface area contributed by atoms with E-state index >= 15 is 0 Å². The summed E-state index contributed by atoms with van der Waals surface area (Å²) in [6.45, 7) is 6.38. The third-order valence-electron chi connectivity index (χ3n) is 3.32. The van der Waals surface area contributed by atoms with Crippen LogP contribution in [0.3, 0.4) is 0 Å². The highest BCUT2D eigenvalue weighted by Gasteiger charge is 2.31. The minimum absolute atomic E-state index is 0.0340. The monoisotopic (exact) mass is 277 g/mol. The standard InChI is InChI=1S/C15H23N3O2/c1-15(2,3)20-14(19)18-9-5-4-6-12(18)11-7-8-13(16)17-10-11/h7-8,10,12H,4-6,9H2,1-3H3,(H2,16,17). The molecule has 1 aliphatic rings. The summed E-state index contributed by atoms with van der Waals surface area (Å²) in [5, 5.41) is 0. The van der Waals surface area contributed by atoms with Crippen LogP contribution < -0.4 is 5.73 Å². The van der Waals surface area contributed by atoms with Gasteiger partial charge in [0.1, 0.15) is 11.4 Å². The number of ether oxygens (including phenoxy) is 1. The SMILES string of the molecule is CC(C)(C)OC(=O)N1CCCCC1c1ccc(N)nc1. The molecule has 0 aliphatic carbocycles. The molecule has 1 unspecified atom stereocenters. The maximum Gasteiger partial charge on any atom is 0.410 e. The van der Waals surface area contributed by atoms with E-state index < -0.39 is 5.60 Å². The van der Waals surface area contributed by atoms with Crippen LogP contribution in [0, 0.1) is 0 Å². The summed E-state index contributed by atoms with van der Waals surface area (Å²) >= 11 is 0. The highest BCUT2D eigenvalue weighted by molar-refractivity contribution is 5.69. The number of nitrogens with two attached hydrogens (primary N) is 1. The minimum atomic E-state index is -0.474. The molecule has 1 saturated heterocycles. The summed E-state index contributed by atoms with van der Waals surface area (Å²) in [5.41, 5.74) is 6.16. The Morgan fingerprint density at radius 2 is 2.15 bits per heavy atom. The molecular formula is C15H23N3O2. The van der Waals surface area contributed by atoms with Gasteiger partial charge in [0.2, 0.25) is 0 Å². The lowest BCUT2D eigenvalue weighted by molar-refractivity contribution is 0.00949. The summed E-state index contributed by atoms with van der Waals surface area (Å²) in [5.74, 6) is 0.494. The number of nitrogens with zero attached hydrogens (tertiary/aromatic N) is 2. The molecule has 5 nitrogen and oxygen atoms in total. The molecule has 1 fully saturated rings. The first-order chi connectivity index (χ1) is 9.37. The number of pyridine rings is 1. The molecule has 110 valence electrons. The van der Waals surface area contributed by atoms with Crippen LogP contribution in [-0.2, 0) is 4.74 Å². The number of nitrogen functional groups attached to an aromatic ring is 1. The highest BCUT2D eigenvalue weighted by Crippen LogP contribution is 2.31. The fourth-order valence-electron chi connectivity index (χ4n) is 2.43. The van der Waals surface area contributed by atoms with E-state index in [4.69, 9.17) is 10.5 Å². The Bertz CT molecular complexity index is 465. The zero-order valence-corrected chi connectivity index (χ0v) is 12.4. The van der Waals surface area contributed by atoms with Gasteiger partial charge < -0.3 is 15.4 Å². The van der Waals surface area contributed by atoms with Gasteiger partial charge in [-0.05, 0) is 51.7 Å². The van der Waals surface area contributed by atoms with E-state index in [2.05, 4.69) is 4.98 Å². The lowest BCUT2D eigenvalue weighted by Crippen LogP contribution is -2.41. The van der Waals surface area contributed by atoms with E-state index in [1.807, 2.05) is 31.7 Å². The quantitative estimate of drug-likeness (QED) is 0.856. The molecule has 1 amide bonds. The molecule has 0 spiro atoms. The van der Waals surface area contributed by atoms with Crippen molar-refractivity contribution >= 4 is 11.9 Å². The average molecular weight is 277 g/mol. The molecule has 1 atom stereocenters. The van der Waals surface area contributed by atoms with Crippen LogP contribution in [0.4, 0.5) is 10.6 Å². The molecule has 2 N–H and O–H groups in total. The first-order valence-corrected chi connectivity index (χ1v) is 7.08. The first-order valence-electron chi connectivity index (χ1n) is 7.08. The van der Waals surface area contributed by atoms with Gasteiger partial charge in [-0.25, -0.2) is 9.78 Å². The molecule has 1 aromatic heterocycles. The number of hydrogen-bond acceptors (Lipinski definition) is 4. The zero-order chi connectivity index (χ0) is 14.8. The van der Waals surface area contributed by atoms with Crippen molar-refractivity contribution < 1.29 is 9.53 Å². The molecule has 1 aliphatic heterocycles. The number of aromatic nitrogens is 1. The summed E-state index contributed by atoms with van der Waals surface area (Å²) in [6, 6.07) is 3.75. The average Bonchev–Trinajstić information content (AvgIpc) is 2.38. The largest absolute Gasteiger partial charge is 0.444 e. The Morgan fingerprint density at radius 1 is 1.40 bits per heavy atom. The molecule has 0 radical (unpaired) electrons. The molecule has 2 rings (SSSR count). The van der Waals surface area contributed by atoms with Crippen molar-refractivity contribution in [2.75, 3.05) is 12.3 Å². The highest BCUT2D eigenvalue weighted by atomic mass is 16.6. The maximum atomic E-state index is 12.3. The van der Waals surface area contributed by atoms with E-state index in [-0.39, 0.29) is 12.1 Å². The van der Waals surface area contributed by atoms with E-state index in [1.165, 1.54) is 0 Å². The van der Waals surface area contributed by atoms with E-state index in [0.717, 1.165) is 31.4 Å². The van der Waals surface area contributed by atoms with Crippen LogP contribution in [0.2, 0.25) is 0 Å². The summed E-state index contributed by atoms with van der Waals surface area (Å²) in [4.78, 5) is 18.3.